The Kier molecular flexibility index (Phi) is 5.80. The molecule has 0 aliphatic carbocycles. The van der Waals surface area contributed by atoms with Gasteiger partial charge in [0.25, 0.3) is 5.91 Å². The Morgan fingerprint density at radius 2 is 2.16 bits per heavy atom. The summed E-state index contributed by atoms with van der Waals surface area (Å²) in [5.74, 6) is 1.49. The molecule has 8 heteroatoms. The maximum Gasteiger partial charge on any atom is 0.262 e. The van der Waals surface area contributed by atoms with Crippen LogP contribution in [0.5, 0.6) is 5.75 Å². The van der Waals surface area contributed by atoms with Gasteiger partial charge in [0.1, 0.15) is 24.9 Å². The number of imidazole rings is 1. The van der Waals surface area contributed by atoms with E-state index in [9.17, 15) is 4.79 Å². The van der Waals surface area contributed by atoms with Crippen molar-refractivity contribution in [2.75, 3.05) is 31.6 Å². The second-order valence-corrected chi connectivity index (χ2v) is 8.63. The van der Waals surface area contributed by atoms with Gasteiger partial charge in [0.2, 0.25) is 0 Å². The molecule has 2 aliphatic heterocycles. The van der Waals surface area contributed by atoms with Gasteiger partial charge in [-0.2, -0.15) is 0 Å². The number of anilines is 1. The average molecular weight is 442 g/mol. The van der Waals surface area contributed by atoms with Gasteiger partial charge in [-0.3, -0.25) is 4.79 Å². The fourth-order valence-electron chi connectivity index (χ4n) is 4.40. The van der Waals surface area contributed by atoms with Crippen LogP contribution >= 0.6 is 11.6 Å². The molecule has 3 aromatic rings. The molecule has 3 heterocycles. The van der Waals surface area contributed by atoms with E-state index in [1.807, 2.05) is 18.2 Å². The van der Waals surface area contributed by atoms with E-state index in [4.69, 9.17) is 26.1 Å². The second-order valence-electron chi connectivity index (χ2n) is 8.19. The van der Waals surface area contributed by atoms with Crippen LogP contribution in [0.25, 0.3) is 11.0 Å². The van der Waals surface area contributed by atoms with Gasteiger partial charge >= 0.3 is 0 Å². The average Bonchev–Trinajstić information content (AvgIpc) is 3.40. The smallest absolute Gasteiger partial charge is 0.262 e. The zero-order valence-electron chi connectivity index (χ0n) is 17.3. The van der Waals surface area contributed by atoms with Crippen LogP contribution in [0.4, 0.5) is 5.69 Å². The first-order chi connectivity index (χ1) is 15.1. The summed E-state index contributed by atoms with van der Waals surface area (Å²) in [7, 11) is 0. The number of carbonyl (C=O) groups excluding carboxylic acids is 1. The molecule has 2 N–H and O–H groups in total. The third-order valence-corrected chi connectivity index (χ3v) is 6.18. The summed E-state index contributed by atoms with van der Waals surface area (Å²) in [6.07, 6.45) is 2.74. The Bertz CT molecular complexity index is 1080. The predicted molar refractivity (Wildman–Crippen MR) is 119 cm³/mol. The maximum absolute atomic E-state index is 12.3. The zero-order chi connectivity index (χ0) is 21.2. The second kappa shape index (κ2) is 8.86. The van der Waals surface area contributed by atoms with Gasteiger partial charge in [0, 0.05) is 17.3 Å². The lowest BCUT2D eigenvalue weighted by molar-refractivity contribution is -0.921. The fourth-order valence-corrected chi connectivity index (χ4v) is 4.53. The molecule has 1 aromatic heterocycles. The molecule has 1 saturated heterocycles. The van der Waals surface area contributed by atoms with E-state index in [1.165, 1.54) is 17.7 Å². The van der Waals surface area contributed by atoms with Gasteiger partial charge < -0.3 is 24.3 Å². The number of aromatic nitrogens is 2. The molecule has 1 amide bonds. The molecule has 31 heavy (non-hydrogen) atoms. The van der Waals surface area contributed by atoms with Gasteiger partial charge in [0.05, 0.1) is 24.1 Å². The highest BCUT2D eigenvalue weighted by atomic mass is 35.5. The summed E-state index contributed by atoms with van der Waals surface area (Å²) in [5.41, 5.74) is 2.74. The van der Waals surface area contributed by atoms with E-state index in [2.05, 4.69) is 9.88 Å². The molecule has 162 valence electrons. The van der Waals surface area contributed by atoms with Crippen LogP contribution in [0.3, 0.4) is 0 Å². The van der Waals surface area contributed by atoms with Gasteiger partial charge in [-0.1, -0.05) is 11.6 Å². The molecule has 1 unspecified atom stereocenters. The van der Waals surface area contributed by atoms with Crippen molar-refractivity contribution < 1.29 is 19.2 Å². The molecule has 0 bridgehead atoms. The Labute approximate surface area is 185 Å². The van der Waals surface area contributed by atoms with Crippen LogP contribution in [-0.2, 0) is 22.6 Å². The summed E-state index contributed by atoms with van der Waals surface area (Å²) >= 11 is 5.86. The molecule has 2 aromatic carbocycles. The molecule has 1 fully saturated rings. The number of halogens is 1. The Morgan fingerprint density at radius 1 is 1.29 bits per heavy atom. The Morgan fingerprint density at radius 3 is 2.97 bits per heavy atom. The summed E-state index contributed by atoms with van der Waals surface area (Å²) in [5, 5.41) is 3.52. The number of benzene rings is 2. The third kappa shape index (κ3) is 4.69. The van der Waals surface area contributed by atoms with Crippen LogP contribution < -0.4 is 15.0 Å². The summed E-state index contributed by atoms with van der Waals surface area (Å²) < 4.78 is 13.6. The van der Waals surface area contributed by atoms with E-state index < -0.39 is 0 Å². The summed E-state index contributed by atoms with van der Waals surface area (Å²) in [6.45, 7) is 4.83. The van der Waals surface area contributed by atoms with Crippen molar-refractivity contribution in [3.05, 3.63) is 53.3 Å². The van der Waals surface area contributed by atoms with E-state index in [0.29, 0.717) is 16.9 Å². The van der Waals surface area contributed by atoms with E-state index in [-0.39, 0.29) is 12.5 Å². The van der Waals surface area contributed by atoms with Crippen molar-refractivity contribution in [1.29, 1.82) is 0 Å². The number of fused-ring (bicyclic) bond motifs is 3. The maximum atomic E-state index is 12.3. The summed E-state index contributed by atoms with van der Waals surface area (Å²) in [6, 6.07) is 12.8. The van der Waals surface area contributed by atoms with Crippen molar-refractivity contribution >= 4 is 34.2 Å². The highest BCUT2D eigenvalue weighted by Gasteiger charge is 2.27. The van der Waals surface area contributed by atoms with E-state index in [0.717, 1.165) is 55.3 Å². The molecule has 5 rings (SSSR count). The minimum absolute atomic E-state index is 0.0685. The molecule has 0 radical (unpaired) electrons. The topological polar surface area (TPSA) is 69.8 Å². The number of hydrogen-bond acceptors (Lipinski definition) is 4. The third-order valence-electron chi connectivity index (χ3n) is 5.93. The van der Waals surface area contributed by atoms with Gasteiger partial charge in [-0.05, 0) is 55.3 Å². The zero-order valence-corrected chi connectivity index (χ0v) is 18.0. The summed E-state index contributed by atoms with van der Waals surface area (Å²) in [4.78, 5) is 18.7. The molecular formula is C23H26ClN4O3+. The number of ether oxygens (including phenoxy) is 2. The SMILES string of the molecule is O=C(COc1ccc(Cl)cc1)Nc1ccc2c(c1)nc1n2CC[NH+](C[C@@H]2CCCO2)C1. The van der Waals surface area contributed by atoms with Crippen LogP contribution in [0, 0.1) is 0 Å². The number of hydrogen-bond donors (Lipinski definition) is 2. The Hall–Kier alpha value is -2.61. The number of amides is 1. The first-order valence-electron chi connectivity index (χ1n) is 10.8. The lowest BCUT2D eigenvalue weighted by Gasteiger charge is -2.26. The van der Waals surface area contributed by atoms with Crippen molar-refractivity contribution in [3.8, 4) is 5.75 Å². The first kappa shape index (κ1) is 20.3. The minimum Gasteiger partial charge on any atom is -0.484 e. The van der Waals surface area contributed by atoms with E-state index >= 15 is 0 Å². The van der Waals surface area contributed by atoms with Crippen LogP contribution in [0.15, 0.2) is 42.5 Å². The molecule has 2 aliphatic rings. The van der Waals surface area contributed by atoms with Gasteiger partial charge in [0.15, 0.2) is 12.4 Å². The van der Waals surface area contributed by atoms with Crippen molar-refractivity contribution in [1.82, 2.24) is 9.55 Å². The van der Waals surface area contributed by atoms with Crippen LogP contribution in [0.1, 0.15) is 18.7 Å². The van der Waals surface area contributed by atoms with Crippen molar-refractivity contribution in [2.45, 2.75) is 32.0 Å². The van der Waals surface area contributed by atoms with Crippen molar-refractivity contribution in [3.63, 3.8) is 0 Å². The first-order valence-corrected chi connectivity index (χ1v) is 11.1. The molecule has 0 saturated carbocycles. The lowest BCUT2D eigenvalue weighted by Crippen LogP contribution is -3.13. The quantitative estimate of drug-likeness (QED) is 0.615. The number of rotatable bonds is 6. The van der Waals surface area contributed by atoms with Crippen LogP contribution in [-0.4, -0.2) is 47.9 Å². The van der Waals surface area contributed by atoms with Crippen molar-refractivity contribution in [2.24, 2.45) is 0 Å². The molecule has 2 atom stereocenters. The molecule has 0 spiro atoms. The number of quaternary nitrogens is 1. The molecule has 7 nitrogen and oxygen atoms in total. The highest BCUT2D eigenvalue weighted by Crippen LogP contribution is 2.22. The normalized spacial score (nSPS) is 20.5. The minimum atomic E-state index is -0.217. The standard InChI is InChI=1S/C23H25ClN4O3/c24-16-3-6-18(7-4-16)31-15-23(29)25-17-5-8-21-20(12-17)26-22-14-27(9-10-28(21)22)13-19-2-1-11-30-19/h3-8,12,19H,1-2,9-11,13-15H2,(H,25,29)/p+1/t19-/m0/s1. The Balaban J connectivity index is 1.22. The van der Waals surface area contributed by atoms with Crippen LogP contribution in [0.2, 0.25) is 5.02 Å². The lowest BCUT2D eigenvalue weighted by atomic mass is 10.2. The number of nitrogens with one attached hydrogen (secondary N) is 2. The predicted octanol–water partition coefficient (Wildman–Crippen LogP) is 2.28. The van der Waals surface area contributed by atoms with Gasteiger partial charge in [-0.25, -0.2) is 4.98 Å². The van der Waals surface area contributed by atoms with E-state index in [1.54, 1.807) is 24.3 Å². The largest absolute Gasteiger partial charge is 0.484 e. The monoisotopic (exact) mass is 441 g/mol. The van der Waals surface area contributed by atoms with Gasteiger partial charge in [-0.15, -0.1) is 0 Å². The number of nitrogens with zero attached hydrogens (tertiary/aromatic N) is 2. The molecular weight excluding hydrogens is 416 g/mol. The number of carbonyl (C=O) groups is 1. The highest BCUT2D eigenvalue weighted by molar-refractivity contribution is 6.30. The fraction of sp³-hybridized carbons (Fsp3) is 0.391.